The number of methoxy groups -OCH3 is 1. The first-order chi connectivity index (χ1) is 14.0. The number of nitrogens with zero attached hydrogens (tertiary/aromatic N) is 2. The number of rotatable bonds is 7. The number of hydrogen-bond donors (Lipinski definition) is 2. The quantitative estimate of drug-likeness (QED) is 0.316. The summed E-state index contributed by atoms with van der Waals surface area (Å²) < 4.78 is 10.7. The van der Waals surface area contributed by atoms with Gasteiger partial charge in [-0.05, 0) is 55.8 Å². The second-order valence-corrected chi connectivity index (χ2v) is 8.85. The molecule has 6 nitrogen and oxygen atoms in total. The summed E-state index contributed by atoms with van der Waals surface area (Å²) in [6, 6.07) is 12.5. The van der Waals surface area contributed by atoms with Crippen LogP contribution >= 0.6 is 35.3 Å². The van der Waals surface area contributed by atoms with Crippen molar-refractivity contribution in [3.05, 3.63) is 41.3 Å². The fourth-order valence-corrected chi connectivity index (χ4v) is 4.31. The number of ether oxygens (including phenoxy) is 2. The van der Waals surface area contributed by atoms with Crippen molar-refractivity contribution >= 4 is 41.3 Å². The molecule has 2 heterocycles. The predicted octanol–water partition coefficient (Wildman–Crippen LogP) is 3.82. The van der Waals surface area contributed by atoms with Crippen LogP contribution in [-0.2, 0) is 11.3 Å². The number of halogens is 1. The van der Waals surface area contributed by atoms with E-state index < -0.39 is 0 Å². The van der Waals surface area contributed by atoms with E-state index >= 15 is 0 Å². The number of morpholine rings is 1. The summed E-state index contributed by atoms with van der Waals surface area (Å²) in [5.74, 6) is 1.70. The molecular formula is C22H33IN4O2S. The van der Waals surface area contributed by atoms with Crippen LogP contribution in [0.15, 0.2) is 41.4 Å². The fourth-order valence-electron chi connectivity index (χ4n) is 3.36. The summed E-state index contributed by atoms with van der Waals surface area (Å²) in [6.45, 7) is 9.68. The van der Waals surface area contributed by atoms with Crippen LogP contribution in [0.1, 0.15) is 18.7 Å². The molecule has 1 fully saturated rings. The first-order valence-corrected chi connectivity index (χ1v) is 10.8. The van der Waals surface area contributed by atoms with Gasteiger partial charge in [0.05, 0.1) is 26.9 Å². The van der Waals surface area contributed by atoms with Gasteiger partial charge in [-0.2, -0.15) is 0 Å². The first-order valence-electron chi connectivity index (χ1n) is 10.0. The van der Waals surface area contributed by atoms with Gasteiger partial charge in [0.2, 0.25) is 0 Å². The van der Waals surface area contributed by atoms with Crippen LogP contribution in [0.25, 0.3) is 10.4 Å². The minimum absolute atomic E-state index is 0. The largest absolute Gasteiger partial charge is 0.497 e. The van der Waals surface area contributed by atoms with Crippen molar-refractivity contribution < 1.29 is 9.47 Å². The lowest BCUT2D eigenvalue weighted by Crippen LogP contribution is -2.56. The average Bonchev–Trinajstić information content (AvgIpc) is 3.23. The standard InChI is InChI=1S/C22H32N4O2S.HI/c1-22(2,26-11-13-28-14-12-26)16-25-21(23-3)24-15-19-9-10-20(29-19)17-5-7-18(27-4)8-6-17;/h5-10H,11-16H2,1-4H3,(H2,23,24,25);1H. The van der Waals surface area contributed by atoms with E-state index in [-0.39, 0.29) is 29.5 Å². The third kappa shape index (κ3) is 6.83. The highest BCUT2D eigenvalue weighted by Crippen LogP contribution is 2.29. The zero-order valence-corrected chi connectivity index (χ0v) is 21.4. The highest BCUT2D eigenvalue weighted by molar-refractivity contribution is 14.0. The molecule has 2 N–H and O–H groups in total. The Kier molecular flexibility index (Phi) is 9.86. The van der Waals surface area contributed by atoms with Crippen LogP contribution in [0.5, 0.6) is 5.75 Å². The number of thiophene rings is 1. The van der Waals surface area contributed by atoms with E-state index in [0.717, 1.165) is 51.1 Å². The van der Waals surface area contributed by atoms with Crippen LogP contribution in [0.2, 0.25) is 0 Å². The molecular weight excluding hydrogens is 511 g/mol. The van der Waals surface area contributed by atoms with E-state index in [1.54, 1.807) is 18.4 Å². The molecule has 0 aliphatic carbocycles. The van der Waals surface area contributed by atoms with Gasteiger partial charge in [-0.3, -0.25) is 9.89 Å². The van der Waals surface area contributed by atoms with E-state index in [4.69, 9.17) is 9.47 Å². The average molecular weight is 545 g/mol. The summed E-state index contributed by atoms with van der Waals surface area (Å²) in [5, 5.41) is 6.91. The molecule has 1 aromatic carbocycles. The SMILES string of the molecule is CN=C(NCc1ccc(-c2ccc(OC)cc2)s1)NCC(C)(C)N1CCOCC1.I. The van der Waals surface area contributed by atoms with Gasteiger partial charge < -0.3 is 20.1 Å². The monoisotopic (exact) mass is 544 g/mol. The smallest absolute Gasteiger partial charge is 0.191 e. The summed E-state index contributed by atoms with van der Waals surface area (Å²) >= 11 is 1.79. The zero-order chi connectivity index (χ0) is 20.7. The molecule has 3 rings (SSSR count). The van der Waals surface area contributed by atoms with Crippen molar-refractivity contribution in [1.82, 2.24) is 15.5 Å². The van der Waals surface area contributed by atoms with Gasteiger partial charge in [-0.15, -0.1) is 35.3 Å². The number of nitrogens with one attached hydrogen (secondary N) is 2. The lowest BCUT2D eigenvalue weighted by molar-refractivity contribution is -0.00834. The normalized spacial score (nSPS) is 15.4. The topological polar surface area (TPSA) is 58.1 Å². The Morgan fingerprint density at radius 2 is 1.83 bits per heavy atom. The summed E-state index contributed by atoms with van der Waals surface area (Å²) in [5.41, 5.74) is 1.25. The van der Waals surface area contributed by atoms with Crippen LogP contribution in [0.4, 0.5) is 0 Å². The predicted molar refractivity (Wildman–Crippen MR) is 136 cm³/mol. The van der Waals surface area contributed by atoms with Gasteiger partial charge >= 0.3 is 0 Å². The highest BCUT2D eigenvalue weighted by Gasteiger charge is 2.28. The van der Waals surface area contributed by atoms with Crippen molar-refractivity contribution in [2.45, 2.75) is 25.9 Å². The molecule has 0 radical (unpaired) electrons. The molecule has 0 unspecified atom stereocenters. The van der Waals surface area contributed by atoms with Gasteiger partial charge in [0.25, 0.3) is 0 Å². The van der Waals surface area contributed by atoms with Crippen molar-refractivity contribution in [3.8, 4) is 16.2 Å². The van der Waals surface area contributed by atoms with E-state index in [1.807, 2.05) is 19.2 Å². The Labute approximate surface area is 201 Å². The van der Waals surface area contributed by atoms with Crippen LogP contribution in [0.3, 0.4) is 0 Å². The molecule has 1 aliphatic heterocycles. The minimum atomic E-state index is 0. The van der Waals surface area contributed by atoms with Gasteiger partial charge in [-0.1, -0.05) is 0 Å². The second-order valence-electron chi connectivity index (χ2n) is 7.69. The van der Waals surface area contributed by atoms with Crippen LogP contribution in [0, 0.1) is 0 Å². The molecule has 8 heteroatoms. The maximum atomic E-state index is 5.47. The highest BCUT2D eigenvalue weighted by atomic mass is 127. The van der Waals surface area contributed by atoms with Gasteiger partial charge in [0, 0.05) is 42.0 Å². The van der Waals surface area contributed by atoms with Crippen molar-refractivity contribution in [1.29, 1.82) is 0 Å². The number of benzene rings is 1. The lowest BCUT2D eigenvalue weighted by atomic mass is 10.0. The molecule has 0 spiro atoms. The Balaban J connectivity index is 0.00000320. The second kappa shape index (κ2) is 11.9. The fraction of sp³-hybridized carbons (Fsp3) is 0.500. The van der Waals surface area contributed by atoms with E-state index in [1.165, 1.54) is 15.3 Å². The van der Waals surface area contributed by atoms with Gasteiger partial charge in [-0.25, -0.2) is 0 Å². The maximum absolute atomic E-state index is 5.47. The Morgan fingerprint density at radius 3 is 2.47 bits per heavy atom. The van der Waals surface area contributed by atoms with Crippen LogP contribution < -0.4 is 15.4 Å². The van der Waals surface area contributed by atoms with Gasteiger partial charge in [0.1, 0.15) is 5.75 Å². The maximum Gasteiger partial charge on any atom is 0.191 e. The molecule has 0 atom stereocenters. The molecule has 1 saturated heterocycles. The summed E-state index contributed by atoms with van der Waals surface area (Å²) in [4.78, 5) is 9.37. The zero-order valence-electron chi connectivity index (χ0n) is 18.2. The van der Waals surface area contributed by atoms with Crippen LogP contribution in [-0.4, -0.2) is 63.4 Å². The molecule has 30 heavy (non-hydrogen) atoms. The molecule has 166 valence electrons. The molecule has 0 bridgehead atoms. The number of hydrogen-bond acceptors (Lipinski definition) is 5. The third-order valence-electron chi connectivity index (χ3n) is 5.25. The van der Waals surface area contributed by atoms with E-state index in [0.29, 0.717) is 0 Å². The minimum Gasteiger partial charge on any atom is -0.497 e. The molecule has 0 amide bonds. The lowest BCUT2D eigenvalue weighted by Gasteiger charge is -2.41. The Bertz CT molecular complexity index is 802. The van der Waals surface area contributed by atoms with Crippen molar-refractivity contribution in [3.63, 3.8) is 0 Å². The van der Waals surface area contributed by atoms with E-state index in [2.05, 4.69) is 58.6 Å². The molecule has 2 aromatic rings. The molecule has 1 aliphatic rings. The summed E-state index contributed by atoms with van der Waals surface area (Å²) in [7, 11) is 3.50. The van der Waals surface area contributed by atoms with E-state index in [9.17, 15) is 0 Å². The van der Waals surface area contributed by atoms with Gasteiger partial charge in [0.15, 0.2) is 5.96 Å². The number of aliphatic imine (C=N–C) groups is 1. The number of guanidine groups is 1. The van der Waals surface area contributed by atoms with Crippen molar-refractivity contribution in [2.24, 2.45) is 4.99 Å². The third-order valence-corrected chi connectivity index (χ3v) is 6.38. The molecule has 0 saturated carbocycles. The first kappa shape index (κ1) is 24.9. The van der Waals surface area contributed by atoms with Crippen molar-refractivity contribution in [2.75, 3.05) is 47.0 Å². The summed E-state index contributed by atoms with van der Waals surface area (Å²) in [6.07, 6.45) is 0. The molecule has 1 aromatic heterocycles. The Morgan fingerprint density at radius 1 is 1.13 bits per heavy atom. The Hall–Kier alpha value is -1.36.